The number of hydrogen-bond acceptors (Lipinski definition) is 3. The minimum Gasteiger partial charge on any atom is -0.481 e. The first-order valence-corrected chi connectivity index (χ1v) is 9.41. The summed E-state index contributed by atoms with van der Waals surface area (Å²) in [6, 6.07) is 16.2. The van der Waals surface area contributed by atoms with Crippen LogP contribution in [0.3, 0.4) is 0 Å². The topological polar surface area (TPSA) is 41.6 Å². The van der Waals surface area contributed by atoms with E-state index < -0.39 is 6.10 Å². The largest absolute Gasteiger partial charge is 0.481 e. The van der Waals surface area contributed by atoms with Crippen LogP contribution in [0.25, 0.3) is 0 Å². The van der Waals surface area contributed by atoms with Gasteiger partial charge in [-0.15, -0.1) is 0 Å². The van der Waals surface area contributed by atoms with Crippen molar-refractivity contribution in [2.45, 2.75) is 45.9 Å². The predicted octanol–water partition coefficient (Wildman–Crippen LogP) is 3.67. The van der Waals surface area contributed by atoms with Crippen molar-refractivity contribution in [1.82, 2.24) is 10.2 Å². The van der Waals surface area contributed by atoms with Crippen molar-refractivity contribution in [3.63, 3.8) is 0 Å². The molecule has 1 aliphatic rings. The SMILES string of the molecule is Cc1ccc(O[C@H](C)C(=O)NCc2cccc(CN3CCCC3)c2)cc1. The summed E-state index contributed by atoms with van der Waals surface area (Å²) in [7, 11) is 0. The maximum absolute atomic E-state index is 12.3. The lowest BCUT2D eigenvalue weighted by atomic mass is 10.1. The second-order valence-electron chi connectivity index (χ2n) is 7.09. The second-order valence-corrected chi connectivity index (χ2v) is 7.09. The minimum atomic E-state index is -0.523. The zero-order valence-corrected chi connectivity index (χ0v) is 15.7. The fraction of sp³-hybridized carbons (Fsp3) is 0.409. The molecule has 3 rings (SSSR count). The van der Waals surface area contributed by atoms with Crippen molar-refractivity contribution in [3.05, 3.63) is 65.2 Å². The second kappa shape index (κ2) is 8.86. The average molecular weight is 352 g/mol. The number of ether oxygens (including phenoxy) is 1. The van der Waals surface area contributed by atoms with Gasteiger partial charge in [-0.1, -0.05) is 42.0 Å². The van der Waals surface area contributed by atoms with E-state index in [1.54, 1.807) is 6.92 Å². The molecular formula is C22H28N2O2. The number of likely N-dealkylation sites (tertiary alicyclic amines) is 1. The number of hydrogen-bond donors (Lipinski definition) is 1. The minimum absolute atomic E-state index is 0.101. The van der Waals surface area contributed by atoms with Gasteiger partial charge in [0.1, 0.15) is 5.75 Å². The summed E-state index contributed by atoms with van der Waals surface area (Å²) >= 11 is 0. The van der Waals surface area contributed by atoms with Crippen LogP contribution in [-0.4, -0.2) is 30.0 Å². The number of carbonyl (C=O) groups excluding carboxylic acids is 1. The maximum Gasteiger partial charge on any atom is 0.261 e. The third-order valence-corrected chi connectivity index (χ3v) is 4.77. The summed E-state index contributed by atoms with van der Waals surface area (Å²) in [6.45, 7) is 7.70. The Morgan fingerprint density at radius 2 is 1.81 bits per heavy atom. The smallest absolute Gasteiger partial charge is 0.261 e. The van der Waals surface area contributed by atoms with Gasteiger partial charge in [-0.3, -0.25) is 9.69 Å². The van der Waals surface area contributed by atoms with Gasteiger partial charge >= 0.3 is 0 Å². The van der Waals surface area contributed by atoms with Crippen molar-refractivity contribution in [1.29, 1.82) is 0 Å². The molecule has 138 valence electrons. The number of amides is 1. The van der Waals surface area contributed by atoms with Crippen molar-refractivity contribution < 1.29 is 9.53 Å². The first-order chi connectivity index (χ1) is 12.6. The Hall–Kier alpha value is -2.33. The molecule has 4 nitrogen and oxygen atoms in total. The number of carbonyl (C=O) groups is 1. The molecule has 4 heteroatoms. The molecule has 1 fully saturated rings. The average Bonchev–Trinajstić information content (AvgIpc) is 3.15. The molecule has 0 aliphatic carbocycles. The van der Waals surface area contributed by atoms with Crippen molar-refractivity contribution in [3.8, 4) is 5.75 Å². The number of rotatable bonds is 7. The van der Waals surface area contributed by atoms with Crippen LogP contribution in [0.1, 0.15) is 36.5 Å². The van der Waals surface area contributed by atoms with E-state index >= 15 is 0 Å². The number of benzene rings is 2. The summed E-state index contributed by atoms with van der Waals surface area (Å²) in [5, 5.41) is 2.97. The number of nitrogens with zero attached hydrogens (tertiary/aromatic N) is 1. The first kappa shape index (κ1) is 18.5. The highest BCUT2D eigenvalue weighted by Crippen LogP contribution is 2.15. The lowest BCUT2D eigenvalue weighted by Crippen LogP contribution is -2.35. The van der Waals surface area contributed by atoms with Gasteiger partial charge in [-0.25, -0.2) is 0 Å². The Balaban J connectivity index is 1.49. The van der Waals surface area contributed by atoms with Gasteiger partial charge < -0.3 is 10.1 Å². The Morgan fingerprint density at radius 1 is 1.12 bits per heavy atom. The Kier molecular flexibility index (Phi) is 6.29. The van der Waals surface area contributed by atoms with E-state index in [4.69, 9.17) is 4.74 Å². The number of aryl methyl sites for hydroxylation is 1. The molecule has 0 aromatic heterocycles. The Labute approximate surface area is 156 Å². The summed E-state index contributed by atoms with van der Waals surface area (Å²) in [5.74, 6) is 0.612. The van der Waals surface area contributed by atoms with Crippen LogP contribution in [0.2, 0.25) is 0 Å². The lowest BCUT2D eigenvalue weighted by molar-refractivity contribution is -0.127. The van der Waals surface area contributed by atoms with Gasteiger partial charge in [-0.05, 0) is 63.0 Å². The monoisotopic (exact) mass is 352 g/mol. The summed E-state index contributed by atoms with van der Waals surface area (Å²) in [6.07, 6.45) is 2.08. The van der Waals surface area contributed by atoms with E-state index in [2.05, 4.69) is 34.5 Å². The summed E-state index contributed by atoms with van der Waals surface area (Å²) < 4.78 is 5.71. The van der Waals surface area contributed by atoms with Gasteiger partial charge in [-0.2, -0.15) is 0 Å². The molecule has 26 heavy (non-hydrogen) atoms. The third-order valence-electron chi connectivity index (χ3n) is 4.77. The fourth-order valence-electron chi connectivity index (χ4n) is 3.24. The molecule has 0 radical (unpaired) electrons. The molecule has 1 heterocycles. The lowest BCUT2D eigenvalue weighted by Gasteiger charge is -2.16. The van der Waals surface area contributed by atoms with E-state index in [0.717, 1.165) is 12.1 Å². The van der Waals surface area contributed by atoms with Crippen molar-refractivity contribution in [2.24, 2.45) is 0 Å². The first-order valence-electron chi connectivity index (χ1n) is 9.41. The molecular weight excluding hydrogens is 324 g/mol. The van der Waals surface area contributed by atoms with Gasteiger partial charge in [0, 0.05) is 13.1 Å². The van der Waals surface area contributed by atoms with Crippen LogP contribution in [-0.2, 0) is 17.9 Å². The molecule has 1 amide bonds. The molecule has 2 aromatic rings. The fourth-order valence-corrected chi connectivity index (χ4v) is 3.24. The molecule has 0 unspecified atom stereocenters. The highest BCUT2D eigenvalue weighted by molar-refractivity contribution is 5.80. The Morgan fingerprint density at radius 3 is 2.54 bits per heavy atom. The van der Waals surface area contributed by atoms with Crippen molar-refractivity contribution in [2.75, 3.05) is 13.1 Å². The molecule has 1 saturated heterocycles. The quantitative estimate of drug-likeness (QED) is 0.827. The molecule has 0 saturated carbocycles. The van der Waals surface area contributed by atoms with Gasteiger partial charge in [0.05, 0.1) is 0 Å². The zero-order valence-electron chi connectivity index (χ0n) is 15.7. The van der Waals surface area contributed by atoms with Crippen LogP contribution in [0, 0.1) is 6.92 Å². The molecule has 1 aliphatic heterocycles. The van der Waals surface area contributed by atoms with Crippen LogP contribution in [0.15, 0.2) is 48.5 Å². The van der Waals surface area contributed by atoms with Crippen LogP contribution >= 0.6 is 0 Å². The normalized spacial score (nSPS) is 15.6. The molecule has 0 spiro atoms. The third kappa shape index (κ3) is 5.33. The van der Waals surface area contributed by atoms with Crippen LogP contribution in [0.5, 0.6) is 5.75 Å². The van der Waals surface area contributed by atoms with Gasteiger partial charge in [0.2, 0.25) is 0 Å². The highest BCUT2D eigenvalue weighted by atomic mass is 16.5. The standard InChI is InChI=1S/C22H28N2O2/c1-17-8-10-21(11-9-17)26-18(2)22(25)23-15-19-6-5-7-20(14-19)16-24-12-3-4-13-24/h5-11,14,18H,3-4,12-13,15-16H2,1-2H3,(H,23,25)/t18-/m1/s1. The van der Waals surface area contributed by atoms with Gasteiger partial charge in [0.15, 0.2) is 6.10 Å². The van der Waals surface area contributed by atoms with E-state index in [1.165, 1.54) is 37.1 Å². The van der Waals surface area contributed by atoms with E-state index in [9.17, 15) is 4.79 Å². The molecule has 2 aromatic carbocycles. The highest BCUT2D eigenvalue weighted by Gasteiger charge is 2.15. The van der Waals surface area contributed by atoms with E-state index in [-0.39, 0.29) is 5.91 Å². The summed E-state index contributed by atoms with van der Waals surface area (Å²) in [4.78, 5) is 14.8. The van der Waals surface area contributed by atoms with E-state index in [0.29, 0.717) is 12.3 Å². The number of nitrogens with one attached hydrogen (secondary N) is 1. The van der Waals surface area contributed by atoms with Crippen molar-refractivity contribution >= 4 is 5.91 Å². The van der Waals surface area contributed by atoms with E-state index in [1.807, 2.05) is 31.2 Å². The van der Waals surface area contributed by atoms with Crippen LogP contribution < -0.4 is 10.1 Å². The molecule has 1 N–H and O–H groups in total. The van der Waals surface area contributed by atoms with Gasteiger partial charge in [0.25, 0.3) is 5.91 Å². The Bertz CT molecular complexity index is 721. The molecule has 1 atom stereocenters. The maximum atomic E-state index is 12.3. The predicted molar refractivity (Wildman–Crippen MR) is 104 cm³/mol. The van der Waals surface area contributed by atoms with Crippen LogP contribution in [0.4, 0.5) is 0 Å². The molecule has 0 bridgehead atoms. The summed E-state index contributed by atoms with van der Waals surface area (Å²) in [5.41, 5.74) is 3.60. The zero-order chi connectivity index (χ0) is 18.4.